The fourth-order valence-corrected chi connectivity index (χ4v) is 3.03. The molecule has 1 N–H and O–H groups in total. The summed E-state index contributed by atoms with van der Waals surface area (Å²) in [4.78, 5) is 20.4. The maximum absolute atomic E-state index is 14.3. The van der Waals surface area contributed by atoms with Gasteiger partial charge in [0.15, 0.2) is 0 Å². The van der Waals surface area contributed by atoms with Crippen molar-refractivity contribution in [1.29, 1.82) is 0 Å². The minimum Gasteiger partial charge on any atom is -0.497 e. The van der Waals surface area contributed by atoms with Gasteiger partial charge in [-0.1, -0.05) is 5.16 Å². The third kappa shape index (κ3) is 4.95. The average Bonchev–Trinajstić information content (AvgIpc) is 3.46. The van der Waals surface area contributed by atoms with Gasteiger partial charge in [-0.3, -0.25) is 4.79 Å². The molecule has 0 saturated carbocycles. The van der Waals surface area contributed by atoms with Crippen molar-refractivity contribution in [1.82, 2.24) is 19.7 Å². The quantitative estimate of drug-likeness (QED) is 0.462. The van der Waals surface area contributed by atoms with Gasteiger partial charge in [-0.25, -0.2) is 9.37 Å². The smallest absolute Gasteiger partial charge is 0.226 e. The molecule has 2 aromatic carbocycles. The molecule has 0 radical (unpaired) electrons. The molecule has 158 valence electrons. The number of amides is 1. The molecule has 0 atom stereocenters. The summed E-state index contributed by atoms with van der Waals surface area (Å²) < 4.78 is 26.2. The number of nitrogens with zero attached hydrogens (tertiary/aromatic N) is 4. The van der Waals surface area contributed by atoms with Crippen molar-refractivity contribution in [2.24, 2.45) is 0 Å². The zero-order valence-corrected chi connectivity index (χ0v) is 16.8. The summed E-state index contributed by atoms with van der Waals surface area (Å²) in [7, 11) is 1.60. The molecule has 4 aromatic rings. The first kappa shape index (κ1) is 20.3. The van der Waals surface area contributed by atoms with Crippen LogP contribution in [0.25, 0.3) is 17.1 Å². The Morgan fingerprint density at radius 2 is 2.06 bits per heavy atom. The molecule has 0 aliphatic rings. The number of halogens is 1. The first-order valence-electron chi connectivity index (χ1n) is 9.67. The predicted octanol–water partition coefficient (Wildman–Crippen LogP) is 4.03. The van der Waals surface area contributed by atoms with Crippen molar-refractivity contribution < 1.29 is 18.4 Å². The Labute approximate surface area is 177 Å². The molecule has 0 aliphatic heterocycles. The molecule has 1 amide bonds. The molecule has 0 unspecified atom stereocenters. The minimum atomic E-state index is -0.451. The number of carbonyl (C=O) groups is 1. The zero-order valence-electron chi connectivity index (χ0n) is 16.8. The highest BCUT2D eigenvalue weighted by molar-refractivity contribution is 5.90. The van der Waals surface area contributed by atoms with Gasteiger partial charge in [0, 0.05) is 36.5 Å². The van der Waals surface area contributed by atoms with E-state index in [1.165, 1.54) is 12.4 Å². The lowest BCUT2D eigenvalue weighted by molar-refractivity contribution is -0.116. The number of methoxy groups -OCH3 is 1. The molecule has 2 heterocycles. The normalized spacial score (nSPS) is 10.8. The number of rotatable bonds is 8. The Bertz CT molecular complexity index is 1160. The average molecular weight is 421 g/mol. The lowest BCUT2D eigenvalue weighted by Crippen LogP contribution is -2.12. The van der Waals surface area contributed by atoms with E-state index in [1.807, 2.05) is 24.3 Å². The Balaban J connectivity index is 1.28. The van der Waals surface area contributed by atoms with E-state index in [-0.39, 0.29) is 12.3 Å². The van der Waals surface area contributed by atoms with Crippen molar-refractivity contribution in [3.05, 3.63) is 72.9 Å². The lowest BCUT2D eigenvalue weighted by Gasteiger charge is -2.08. The molecule has 0 bridgehead atoms. The Morgan fingerprint density at radius 3 is 2.77 bits per heavy atom. The van der Waals surface area contributed by atoms with Crippen molar-refractivity contribution in [2.75, 3.05) is 12.4 Å². The highest BCUT2D eigenvalue weighted by Crippen LogP contribution is 2.21. The fraction of sp³-hybridized carbons (Fsp3) is 0.182. The number of imidazole rings is 1. The van der Waals surface area contributed by atoms with E-state index in [2.05, 4.69) is 20.4 Å². The number of aromatic nitrogens is 4. The Morgan fingerprint density at radius 1 is 1.23 bits per heavy atom. The van der Waals surface area contributed by atoms with E-state index in [0.717, 1.165) is 11.3 Å². The zero-order chi connectivity index (χ0) is 21.6. The third-order valence-electron chi connectivity index (χ3n) is 4.62. The highest BCUT2D eigenvalue weighted by atomic mass is 19.1. The maximum atomic E-state index is 14.3. The molecule has 2 aromatic heterocycles. The van der Waals surface area contributed by atoms with Crippen molar-refractivity contribution in [3.63, 3.8) is 0 Å². The number of hydrogen-bond donors (Lipinski definition) is 1. The Hall–Kier alpha value is -4.01. The van der Waals surface area contributed by atoms with E-state index in [1.54, 1.807) is 36.2 Å². The summed E-state index contributed by atoms with van der Waals surface area (Å²) in [5.74, 6) is 1.01. The monoisotopic (exact) mass is 421 g/mol. The second kappa shape index (κ2) is 9.21. The van der Waals surface area contributed by atoms with E-state index in [0.29, 0.717) is 35.9 Å². The van der Waals surface area contributed by atoms with Crippen molar-refractivity contribution in [2.45, 2.75) is 19.3 Å². The van der Waals surface area contributed by atoms with Crippen LogP contribution in [0.2, 0.25) is 0 Å². The van der Waals surface area contributed by atoms with Crippen molar-refractivity contribution in [3.8, 4) is 22.8 Å². The first-order valence-corrected chi connectivity index (χ1v) is 9.67. The summed E-state index contributed by atoms with van der Waals surface area (Å²) in [6, 6.07) is 11.9. The van der Waals surface area contributed by atoms with E-state index >= 15 is 0 Å². The molecule has 8 nitrogen and oxygen atoms in total. The Kier molecular flexibility index (Phi) is 6.02. The van der Waals surface area contributed by atoms with Crippen LogP contribution in [0, 0.1) is 5.82 Å². The number of nitrogens with one attached hydrogen (secondary N) is 1. The second-order valence-corrected chi connectivity index (χ2v) is 6.78. The molecule has 0 fully saturated rings. The number of hydrogen-bond acceptors (Lipinski definition) is 6. The molecule has 0 spiro atoms. The summed E-state index contributed by atoms with van der Waals surface area (Å²) in [5, 5.41) is 6.67. The summed E-state index contributed by atoms with van der Waals surface area (Å²) in [6.07, 6.45) is 5.95. The molecule has 9 heteroatoms. The number of benzene rings is 2. The largest absolute Gasteiger partial charge is 0.497 e. The third-order valence-corrected chi connectivity index (χ3v) is 4.62. The van der Waals surface area contributed by atoms with Gasteiger partial charge in [0.1, 0.15) is 11.6 Å². The number of carbonyl (C=O) groups excluding carboxylic acids is 1. The molecular weight excluding hydrogens is 401 g/mol. The maximum Gasteiger partial charge on any atom is 0.226 e. The second-order valence-electron chi connectivity index (χ2n) is 6.78. The predicted molar refractivity (Wildman–Crippen MR) is 111 cm³/mol. The number of ether oxygens (including phenoxy) is 1. The molecule has 4 rings (SSSR count). The van der Waals surface area contributed by atoms with Crippen LogP contribution in [-0.4, -0.2) is 32.7 Å². The van der Waals surface area contributed by atoms with Crippen LogP contribution in [0.4, 0.5) is 10.1 Å². The molecular formula is C22H20FN5O3. The minimum absolute atomic E-state index is 0.218. The van der Waals surface area contributed by atoms with Crippen LogP contribution in [0.3, 0.4) is 0 Å². The van der Waals surface area contributed by atoms with Gasteiger partial charge in [-0.05, 0) is 48.9 Å². The van der Waals surface area contributed by atoms with Crippen LogP contribution in [0.15, 0.2) is 65.7 Å². The first-order chi connectivity index (χ1) is 15.1. The topological polar surface area (TPSA) is 95.1 Å². The SMILES string of the molecule is COc1ccc(-c2noc(CCCC(=O)Nc3ccc(-n4ccnc4)c(F)c3)n2)cc1. The lowest BCUT2D eigenvalue weighted by atomic mass is 10.2. The van der Waals surface area contributed by atoms with E-state index in [4.69, 9.17) is 9.26 Å². The van der Waals surface area contributed by atoms with Crippen LogP contribution in [0.1, 0.15) is 18.7 Å². The van der Waals surface area contributed by atoms with Gasteiger partial charge < -0.3 is 19.1 Å². The fourth-order valence-electron chi connectivity index (χ4n) is 3.03. The molecule has 31 heavy (non-hydrogen) atoms. The van der Waals surface area contributed by atoms with Gasteiger partial charge >= 0.3 is 0 Å². The summed E-state index contributed by atoms with van der Waals surface area (Å²) >= 11 is 0. The standard InChI is InChI=1S/C22H20FN5O3/c1-30-17-8-5-15(6-9-17)22-26-21(31-27-22)4-2-3-20(29)25-16-7-10-19(18(23)13-16)28-12-11-24-14-28/h5-14H,2-4H2,1H3,(H,25,29). The van der Waals surface area contributed by atoms with Crippen LogP contribution >= 0.6 is 0 Å². The molecule has 0 aliphatic carbocycles. The number of anilines is 1. The van der Waals surface area contributed by atoms with Gasteiger partial charge in [-0.15, -0.1) is 0 Å². The molecule has 0 saturated heterocycles. The van der Waals surface area contributed by atoms with Gasteiger partial charge in [0.2, 0.25) is 17.6 Å². The highest BCUT2D eigenvalue weighted by Gasteiger charge is 2.11. The summed E-state index contributed by atoms with van der Waals surface area (Å²) in [5.41, 5.74) is 1.57. The van der Waals surface area contributed by atoms with E-state index < -0.39 is 5.82 Å². The van der Waals surface area contributed by atoms with Gasteiger partial charge in [-0.2, -0.15) is 4.98 Å². The van der Waals surface area contributed by atoms with Crippen LogP contribution in [0.5, 0.6) is 5.75 Å². The van der Waals surface area contributed by atoms with Crippen LogP contribution < -0.4 is 10.1 Å². The van der Waals surface area contributed by atoms with Gasteiger partial charge in [0.25, 0.3) is 0 Å². The van der Waals surface area contributed by atoms with Crippen molar-refractivity contribution >= 4 is 11.6 Å². The number of aryl methyl sites for hydroxylation is 1. The van der Waals surface area contributed by atoms with Crippen LogP contribution in [-0.2, 0) is 11.2 Å². The summed E-state index contributed by atoms with van der Waals surface area (Å²) in [6.45, 7) is 0. The van der Waals surface area contributed by atoms with E-state index in [9.17, 15) is 9.18 Å². The van der Waals surface area contributed by atoms with Gasteiger partial charge in [0.05, 0.1) is 19.1 Å².